The van der Waals surface area contributed by atoms with Crippen LogP contribution < -0.4 is 9.47 Å². The van der Waals surface area contributed by atoms with Crippen molar-refractivity contribution in [1.29, 1.82) is 0 Å². The van der Waals surface area contributed by atoms with Crippen molar-refractivity contribution in [3.63, 3.8) is 0 Å². The molecule has 4 rings (SSSR count). The van der Waals surface area contributed by atoms with Gasteiger partial charge in [-0.05, 0) is 23.3 Å². The summed E-state index contributed by atoms with van der Waals surface area (Å²) in [4.78, 5) is 25.2. The maximum absolute atomic E-state index is 13.5. The molecule has 3 aliphatic carbocycles. The van der Waals surface area contributed by atoms with Crippen molar-refractivity contribution in [3.8, 4) is 11.5 Å². The Hall–Kier alpha value is -3.14. The highest BCUT2D eigenvalue weighted by Crippen LogP contribution is 2.60. The third kappa shape index (κ3) is 5.30. The molecule has 1 aromatic rings. The average molecular weight is 595 g/mol. The van der Waals surface area contributed by atoms with Crippen molar-refractivity contribution in [2.45, 2.75) is 23.3 Å². The van der Waals surface area contributed by atoms with E-state index in [2.05, 4.69) is 4.74 Å². The van der Waals surface area contributed by atoms with Gasteiger partial charge < -0.3 is 28.4 Å². The van der Waals surface area contributed by atoms with Crippen LogP contribution in [0.2, 0.25) is 0 Å². The molecule has 1 fully saturated rings. The minimum absolute atomic E-state index is 0.218. The van der Waals surface area contributed by atoms with Crippen molar-refractivity contribution >= 4 is 22.1 Å². The van der Waals surface area contributed by atoms with Crippen LogP contribution in [0, 0.1) is 17.8 Å². The third-order valence-corrected chi connectivity index (χ3v) is 8.14. The molecule has 0 saturated heterocycles. The number of benzene rings is 1. The second-order valence-corrected chi connectivity index (χ2v) is 10.4. The van der Waals surface area contributed by atoms with E-state index in [1.54, 1.807) is 6.07 Å². The van der Waals surface area contributed by atoms with Gasteiger partial charge in [0, 0.05) is 32.1 Å². The first-order chi connectivity index (χ1) is 18.8. The third-order valence-electron chi connectivity index (χ3n) is 7.12. The minimum atomic E-state index is -6.17. The molecule has 3 aliphatic rings. The number of rotatable bonds is 10. The normalized spacial score (nSPS) is 25.8. The summed E-state index contributed by atoms with van der Waals surface area (Å²) in [5.41, 5.74) is -5.18. The minimum Gasteiger partial charge on any atom is -0.493 e. The number of alkyl halides is 3. The molecule has 5 unspecified atom stereocenters. The second kappa shape index (κ2) is 11.8. The zero-order valence-electron chi connectivity index (χ0n) is 22.4. The molecular weight excluding hydrogens is 565 g/mol. The molecule has 0 heterocycles. The maximum Gasteiger partial charge on any atom is 0.523 e. The first kappa shape index (κ1) is 31.4. The van der Waals surface area contributed by atoms with Crippen molar-refractivity contribution in [2.75, 3.05) is 42.7 Å². The van der Waals surface area contributed by atoms with Crippen LogP contribution in [0.5, 0.6) is 11.5 Å². The average Bonchev–Trinajstić information content (AvgIpc) is 2.94. The molecular formula is C25H29F3O11S. The number of hydrogen-bond acceptors (Lipinski definition) is 11. The summed E-state index contributed by atoms with van der Waals surface area (Å²) in [5, 5.41) is 0. The van der Waals surface area contributed by atoms with Gasteiger partial charge in [0.15, 0.2) is 11.5 Å². The van der Waals surface area contributed by atoms with Crippen molar-refractivity contribution in [1.82, 2.24) is 0 Å². The number of carbonyl (C=O) groups excluding carboxylic acids is 2. The molecule has 0 aliphatic heterocycles. The van der Waals surface area contributed by atoms with Gasteiger partial charge in [-0.1, -0.05) is 18.2 Å². The van der Waals surface area contributed by atoms with Crippen LogP contribution in [0.15, 0.2) is 42.0 Å². The summed E-state index contributed by atoms with van der Waals surface area (Å²) in [5.74, 6) is -8.13. The topological polar surface area (TPSA) is 133 Å². The van der Waals surface area contributed by atoms with E-state index in [1.807, 2.05) is 0 Å². The van der Waals surface area contributed by atoms with E-state index in [0.29, 0.717) is 11.3 Å². The number of hydrogen-bond donors (Lipinski definition) is 0. The number of halogens is 3. The number of methoxy groups -OCH3 is 6. The van der Waals surface area contributed by atoms with Gasteiger partial charge in [0.25, 0.3) is 0 Å². The van der Waals surface area contributed by atoms with E-state index >= 15 is 0 Å². The molecule has 5 atom stereocenters. The Morgan fingerprint density at radius 3 is 2.08 bits per heavy atom. The van der Waals surface area contributed by atoms with E-state index in [4.69, 9.17) is 27.9 Å². The number of carbonyl (C=O) groups is 2. The fraction of sp³-hybridized carbons (Fsp3) is 0.520. The van der Waals surface area contributed by atoms with Crippen LogP contribution in [0.1, 0.15) is 11.5 Å². The zero-order valence-corrected chi connectivity index (χ0v) is 23.2. The molecule has 0 amide bonds. The smallest absolute Gasteiger partial charge is 0.493 e. The van der Waals surface area contributed by atoms with Crippen LogP contribution >= 0.6 is 0 Å². The fourth-order valence-electron chi connectivity index (χ4n) is 5.48. The highest BCUT2D eigenvalue weighted by molar-refractivity contribution is 7.87. The van der Waals surface area contributed by atoms with Gasteiger partial charge in [-0.15, -0.1) is 0 Å². The van der Waals surface area contributed by atoms with Gasteiger partial charge in [-0.2, -0.15) is 21.6 Å². The molecule has 0 aromatic heterocycles. The Labute approximate surface area is 228 Å². The quantitative estimate of drug-likeness (QED) is 0.130. The molecule has 2 bridgehead atoms. The van der Waals surface area contributed by atoms with E-state index < -0.39 is 63.1 Å². The first-order valence-corrected chi connectivity index (χ1v) is 13.0. The monoisotopic (exact) mass is 594 g/mol. The number of allylic oxidation sites excluding steroid dienone is 1. The highest BCUT2D eigenvalue weighted by atomic mass is 32.2. The molecule has 0 N–H and O–H groups in total. The van der Waals surface area contributed by atoms with Gasteiger partial charge in [0.05, 0.1) is 40.3 Å². The predicted octanol–water partition coefficient (Wildman–Crippen LogP) is 2.72. The molecule has 0 radical (unpaired) electrons. The molecule has 222 valence electrons. The van der Waals surface area contributed by atoms with E-state index in [9.17, 15) is 31.2 Å². The summed E-state index contributed by atoms with van der Waals surface area (Å²) in [7, 11) is 0.993. The molecule has 11 nitrogen and oxygen atoms in total. The van der Waals surface area contributed by atoms with Crippen LogP contribution in [0.4, 0.5) is 13.2 Å². The number of ether oxygens (including phenoxy) is 6. The molecule has 1 aromatic carbocycles. The SMILES string of the molecule is COC(=O)/C=C/C1=CC2C(c3ccc(OC)c(OC)c3)C(C(=O)OC)C1C(OC)(OC)C2OS(=O)(=O)C(F)(F)F. The van der Waals surface area contributed by atoms with Gasteiger partial charge in [0.2, 0.25) is 5.79 Å². The lowest BCUT2D eigenvalue weighted by atomic mass is 9.53. The van der Waals surface area contributed by atoms with Gasteiger partial charge >= 0.3 is 27.6 Å². The van der Waals surface area contributed by atoms with Gasteiger partial charge in [0.1, 0.15) is 6.10 Å². The Kier molecular flexibility index (Phi) is 9.23. The van der Waals surface area contributed by atoms with E-state index in [0.717, 1.165) is 34.5 Å². The Balaban J connectivity index is 2.37. The zero-order chi connectivity index (χ0) is 30.0. The van der Waals surface area contributed by atoms with Crippen molar-refractivity contribution in [2.24, 2.45) is 17.8 Å². The Morgan fingerprint density at radius 2 is 1.57 bits per heavy atom. The van der Waals surface area contributed by atoms with E-state index in [-0.39, 0.29) is 11.3 Å². The molecule has 15 heteroatoms. The summed E-state index contributed by atoms with van der Waals surface area (Å²) in [6.07, 6.45) is 1.79. The van der Waals surface area contributed by atoms with E-state index in [1.165, 1.54) is 38.5 Å². The van der Waals surface area contributed by atoms with Crippen LogP contribution in [0.25, 0.3) is 0 Å². The largest absolute Gasteiger partial charge is 0.523 e. The molecule has 0 spiro atoms. The number of esters is 2. The predicted molar refractivity (Wildman–Crippen MR) is 131 cm³/mol. The number of fused-ring (bicyclic) bond motifs is 2. The fourth-order valence-corrected chi connectivity index (χ4v) is 6.12. The summed E-state index contributed by atoms with van der Waals surface area (Å²) >= 11 is 0. The highest BCUT2D eigenvalue weighted by Gasteiger charge is 2.68. The van der Waals surface area contributed by atoms with Crippen LogP contribution in [-0.2, 0) is 42.8 Å². The summed E-state index contributed by atoms with van der Waals surface area (Å²) in [6.45, 7) is 0. The lowest BCUT2D eigenvalue weighted by Gasteiger charge is -2.58. The summed E-state index contributed by atoms with van der Waals surface area (Å²) < 4.78 is 101. The van der Waals surface area contributed by atoms with Crippen LogP contribution in [0.3, 0.4) is 0 Å². The Bertz CT molecular complexity index is 1290. The maximum atomic E-state index is 13.5. The molecule has 1 saturated carbocycles. The second-order valence-electron chi connectivity index (χ2n) is 8.81. The van der Waals surface area contributed by atoms with Crippen molar-refractivity contribution < 1.29 is 63.8 Å². The standard InChI is InChI=1S/C25H29F3O11S/c1-33-16-9-7-13(12-17(16)34-2)19-15-11-14(8-10-18(29)35-3)21(20(19)23(30)36-4)24(37-5,38-6)22(15)39-40(31,32)25(26,27)28/h7-12,15,19-22H,1-6H3/b10-8+. The van der Waals surface area contributed by atoms with Gasteiger partial charge in [-0.25, -0.2) is 4.79 Å². The lowest BCUT2D eigenvalue weighted by Crippen LogP contribution is -2.68. The molecule has 40 heavy (non-hydrogen) atoms. The lowest BCUT2D eigenvalue weighted by molar-refractivity contribution is -0.311. The van der Waals surface area contributed by atoms with Crippen molar-refractivity contribution in [3.05, 3.63) is 47.6 Å². The van der Waals surface area contributed by atoms with Crippen LogP contribution in [-0.4, -0.2) is 80.4 Å². The Morgan fingerprint density at radius 1 is 0.950 bits per heavy atom. The first-order valence-electron chi connectivity index (χ1n) is 11.6. The van der Waals surface area contributed by atoms with Gasteiger partial charge in [-0.3, -0.25) is 8.98 Å². The summed E-state index contributed by atoms with van der Waals surface area (Å²) in [6, 6.07) is 4.58.